The molecule has 3 aliphatic heterocycles. The minimum atomic E-state index is -1.02. The zero-order chi connectivity index (χ0) is 62.5. The van der Waals surface area contributed by atoms with Crippen LogP contribution in [0.2, 0.25) is 0 Å². The first kappa shape index (κ1) is 61.2. The summed E-state index contributed by atoms with van der Waals surface area (Å²) >= 11 is 0. The Labute approximate surface area is 514 Å². The number of carbonyl (C=O) groups is 4. The van der Waals surface area contributed by atoms with Crippen molar-refractivity contribution in [3.8, 4) is 58.0 Å². The molecule has 6 aromatic heterocycles. The molecule has 0 fully saturated rings. The molecule has 9 heterocycles. The lowest BCUT2D eigenvalue weighted by Crippen LogP contribution is -2.52. The minimum Gasteiger partial charge on any atom is -0.497 e. The van der Waals surface area contributed by atoms with E-state index in [1.807, 2.05) is 163 Å². The summed E-state index contributed by atoms with van der Waals surface area (Å²) in [6, 6.07) is 27.1. The number of imidazole rings is 2. The third-order valence-electron chi connectivity index (χ3n) is 16.1. The number of aryl methyl sites for hydroxylation is 2. The van der Waals surface area contributed by atoms with E-state index in [9.17, 15) is 19.2 Å². The number of fused-ring (bicyclic) bond motifs is 11. The van der Waals surface area contributed by atoms with E-state index in [4.69, 9.17) is 39.4 Å². The number of aromatic nitrogens is 8. The van der Waals surface area contributed by atoms with Gasteiger partial charge in [-0.2, -0.15) is 0 Å². The van der Waals surface area contributed by atoms with Gasteiger partial charge in [-0.3, -0.25) is 29.1 Å². The highest BCUT2D eigenvalue weighted by atomic mass is 16.5. The highest BCUT2D eigenvalue weighted by Crippen LogP contribution is 2.32. The number of methoxy groups -OCH3 is 2. The molecule has 10 bridgehead atoms. The average molecular weight is 1180 g/mol. The summed E-state index contributed by atoms with van der Waals surface area (Å²) in [7, 11) is 3.25. The second kappa shape index (κ2) is 26.4. The predicted molar refractivity (Wildman–Crippen MR) is 336 cm³/mol. The smallest absolute Gasteiger partial charge is 0.272 e. The van der Waals surface area contributed by atoms with E-state index in [1.54, 1.807) is 26.6 Å². The number of nitrogens with zero attached hydrogens (tertiary/aromatic N) is 8. The summed E-state index contributed by atoms with van der Waals surface area (Å²) < 4.78 is 14.6. The van der Waals surface area contributed by atoms with Gasteiger partial charge in [0, 0.05) is 34.9 Å². The van der Waals surface area contributed by atoms with Gasteiger partial charge >= 0.3 is 0 Å². The number of benzene rings is 2. The predicted octanol–water partition coefficient (Wildman–Crippen LogP) is 9.47. The van der Waals surface area contributed by atoms with Crippen LogP contribution in [0.3, 0.4) is 0 Å². The number of ether oxygens (including phenoxy) is 2. The third-order valence-corrected chi connectivity index (χ3v) is 16.1. The molecule has 3 aliphatic rings. The van der Waals surface area contributed by atoms with Gasteiger partial charge in [-0.1, -0.05) is 91.5 Å². The van der Waals surface area contributed by atoms with Gasteiger partial charge in [0.2, 0.25) is 11.8 Å². The van der Waals surface area contributed by atoms with Crippen LogP contribution in [0.1, 0.15) is 156 Å². The second-order valence-electron chi connectivity index (χ2n) is 23.8. The first-order chi connectivity index (χ1) is 42.3. The van der Waals surface area contributed by atoms with Gasteiger partial charge < -0.3 is 39.9 Å². The molecule has 450 valence electrons. The topological polar surface area (TPSA) is 222 Å². The monoisotopic (exact) mass is 1180 g/mol. The second-order valence-corrected chi connectivity index (χ2v) is 23.8. The summed E-state index contributed by atoms with van der Waals surface area (Å²) in [6.07, 6.45) is 4.49. The number of amides is 4. The van der Waals surface area contributed by atoms with Crippen molar-refractivity contribution in [1.29, 1.82) is 0 Å². The zero-order valence-electron chi connectivity index (χ0n) is 51.9. The van der Waals surface area contributed by atoms with Gasteiger partial charge in [0.05, 0.1) is 62.2 Å². The normalized spacial score (nSPS) is 17.1. The van der Waals surface area contributed by atoms with Crippen LogP contribution in [0.5, 0.6) is 11.5 Å². The van der Waals surface area contributed by atoms with Crippen molar-refractivity contribution in [3.63, 3.8) is 0 Å². The van der Waals surface area contributed by atoms with Crippen molar-refractivity contribution >= 4 is 23.6 Å². The van der Waals surface area contributed by atoms with Crippen molar-refractivity contribution in [2.45, 2.75) is 119 Å². The van der Waals surface area contributed by atoms with Crippen LogP contribution >= 0.6 is 0 Å². The summed E-state index contributed by atoms with van der Waals surface area (Å²) in [6.45, 7) is 19.3. The minimum absolute atomic E-state index is 0.0931. The Morgan fingerprint density at radius 1 is 0.466 bits per heavy atom. The fourth-order valence-corrected chi connectivity index (χ4v) is 11.1. The molecule has 11 rings (SSSR count). The van der Waals surface area contributed by atoms with Crippen molar-refractivity contribution in [2.75, 3.05) is 14.2 Å². The van der Waals surface area contributed by atoms with Gasteiger partial charge in [0.1, 0.15) is 58.0 Å². The molecule has 2 aromatic carbocycles. The molecule has 0 unspecified atom stereocenters. The number of hydrogen-bond donors (Lipinski definition) is 4. The van der Waals surface area contributed by atoms with E-state index in [1.165, 1.54) is 0 Å². The first-order valence-corrected chi connectivity index (χ1v) is 29.9. The van der Waals surface area contributed by atoms with Gasteiger partial charge in [-0.15, -0.1) is 0 Å². The molecule has 4 atom stereocenters. The summed E-state index contributed by atoms with van der Waals surface area (Å²) in [5.74, 6) is 12.0. The summed E-state index contributed by atoms with van der Waals surface area (Å²) in [4.78, 5) is 90.5. The van der Waals surface area contributed by atoms with Crippen LogP contribution in [0.15, 0.2) is 109 Å². The molecular formula is C70H74N12O6. The highest BCUT2D eigenvalue weighted by molar-refractivity contribution is 5.98. The fraction of sp³-hybridized carbons (Fsp3) is 0.343. The first-order valence-electron chi connectivity index (χ1n) is 29.9. The molecule has 4 amide bonds. The molecule has 88 heavy (non-hydrogen) atoms. The lowest BCUT2D eigenvalue weighted by atomic mass is 9.97. The van der Waals surface area contributed by atoms with E-state index >= 15 is 0 Å². The Morgan fingerprint density at radius 2 is 0.841 bits per heavy atom. The van der Waals surface area contributed by atoms with Gasteiger partial charge in [-0.25, -0.2) is 19.9 Å². The fourth-order valence-electron chi connectivity index (χ4n) is 11.1. The standard InChI is InChI=1S/C70H74N12O6/c1-39(2)57-65-75-61-43(9)81(65)37-47-33-49(63(71-35-47)55-17-13-15-51(73-55)27-19-45-21-29-53(87-11)30-22-45)25-26-50-34-48(36-72-64(50)56-18-14-16-52(74-56)28-20-46-23-31-54(88-12)32-24-46)38-82-44(10)62(70(86)79-59(41(5)6)67(83)77-57)76-66(82)58(40(3)4)78-68(84)60(42(7)8)80-69(61)85/h13-18,21-24,29-36,39-42,57-60H,25-26,37-38H2,1-12H3,(H,77,83)(H,78,84)(H,79,86)(H,80,85)/t57-,58-,59-,60-/m0/s1. The number of rotatable bonds is 8. The Bertz CT molecular complexity index is 3820. The molecule has 0 aliphatic carbocycles. The number of nitrogens with one attached hydrogen (secondary N) is 4. The third kappa shape index (κ3) is 13.4. The van der Waals surface area contributed by atoms with Crippen LogP contribution in [-0.2, 0) is 35.5 Å². The van der Waals surface area contributed by atoms with Crippen molar-refractivity contribution in [1.82, 2.24) is 60.3 Å². The maximum atomic E-state index is 14.9. The van der Waals surface area contributed by atoms with Crippen LogP contribution in [-0.4, -0.2) is 89.0 Å². The van der Waals surface area contributed by atoms with Crippen LogP contribution in [0.25, 0.3) is 22.8 Å². The van der Waals surface area contributed by atoms with Crippen LogP contribution in [0, 0.1) is 61.2 Å². The molecule has 8 aromatic rings. The number of pyridine rings is 4. The molecule has 18 heteroatoms. The Morgan fingerprint density at radius 3 is 1.19 bits per heavy atom. The highest BCUT2D eigenvalue weighted by Gasteiger charge is 2.37. The van der Waals surface area contributed by atoms with Gasteiger partial charge in [0.25, 0.3) is 11.8 Å². The van der Waals surface area contributed by atoms with E-state index < -0.39 is 47.8 Å². The van der Waals surface area contributed by atoms with Crippen LogP contribution < -0.4 is 30.7 Å². The molecule has 18 nitrogen and oxygen atoms in total. The van der Waals surface area contributed by atoms with Gasteiger partial charge in [0.15, 0.2) is 0 Å². The maximum absolute atomic E-state index is 14.9. The molecule has 4 N–H and O–H groups in total. The van der Waals surface area contributed by atoms with Gasteiger partial charge in [-0.05, 0) is 157 Å². The van der Waals surface area contributed by atoms with E-state index in [-0.39, 0.29) is 48.1 Å². The SMILES string of the molecule is COc1ccc(C#Cc2cccc(-c3ncc4cc3CCc3cc(cnc3-c3cccc(C#Cc5ccc(OC)cc5)n3)Cn3c5nc(c3C)C(=O)N[C@@H](C(C)C)C(=O)N[C@@H](C(C)C)c3nc(c(C)n3C4)C(=O)N[C@@H](C(C)C)C(=O)N[C@H]5C(C)C)n2)cc1. The Kier molecular flexibility index (Phi) is 18.3. The van der Waals surface area contributed by atoms with Crippen molar-refractivity contribution in [3.05, 3.63) is 189 Å². The molecule has 0 saturated heterocycles. The van der Waals surface area contributed by atoms with Crippen LogP contribution in [0.4, 0.5) is 0 Å². The number of hydrogen-bond acceptors (Lipinski definition) is 12. The molecule has 0 saturated carbocycles. The molecular weight excluding hydrogens is 1100 g/mol. The van der Waals surface area contributed by atoms with E-state index in [0.717, 1.165) is 44.9 Å². The largest absolute Gasteiger partial charge is 0.497 e. The Balaban J connectivity index is 1.21. The number of carbonyl (C=O) groups excluding carboxylic acids is 4. The molecule has 0 spiro atoms. The quantitative estimate of drug-likeness (QED) is 0.105. The average Bonchev–Trinajstić information content (AvgIpc) is 2.05. The lowest BCUT2D eigenvalue weighted by molar-refractivity contribution is -0.125. The summed E-state index contributed by atoms with van der Waals surface area (Å²) in [5, 5.41) is 12.6. The molecule has 0 radical (unpaired) electrons. The zero-order valence-corrected chi connectivity index (χ0v) is 51.9. The van der Waals surface area contributed by atoms with Crippen molar-refractivity contribution < 1.29 is 28.7 Å². The Hall–Kier alpha value is -9.94. The van der Waals surface area contributed by atoms with E-state index in [2.05, 4.69) is 57.1 Å². The summed E-state index contributed by atoms with van der Waals surface area (Å²) in [5.41, 5.74) is 9.68. The maximum Gasteiger partial charge on any atom is 0.272 e. The lowest BCUT2D eigenvalue weighted by Gasteiger charge is -2.28. The van der Waals surface area contributed by atoms with E-state index in [0.29, 0.717) is 70.0 Å². The van der Waals surface area contributed by atoms with Crippen molar-refractivity contribution in [2.24, 2.45) is 23.7 Å².